The van der Waals surface area contributed by atoms with Crippen molar-refractivity contribution in [2.75, 3.05) is 27.2 Å². The number of hydrogen-bond acceptors (Lipinski definition) is 3. The van der Waals surface area contributed by atoms with Gasteiger partial charge in [-0.15, -0.1) is 0 Å². The van der Waals surface area contributed by atoms with Crippen molar-refractivity contribution in [2.45, 2.75) is 45.8 Å². The van der Waals surface area contributed by atoms with E-state index in [1.165, 1.54) is 0 Å². The van der Waals surface area contributed by atoms with Gasteiger partial charge in [0.2, 0.25) is 5.91 Å². The van der Waals surface area contributed by atoms with Crippen LogP contribution in [0.15, 0.2) is 0 Å². The van der Waals surface area contributed by atoms with E-state index in [4.69, 9.17) is 4.74 Å². The quantitative estimate of drug-likeness (QED) is 0.762. The Balaban J connectivity index is 2.39. The summed E-state index contributed by atoms with van der Waals surface area (Å²) in [5, 5.41) is 2.65. The molecule has 1 fully saturated rings. The standard InChI is InChI=1S/C13H26N2O2/c1-6-17-11-9-10(13(11,2)3)15(5)8-7-12(16)14-4/h10-11H,6-9H2,1-5H3,(H,14,16)/t10-,11-/m1/s1. The van der Waals surface area contributed by atoms with Crippen molar-refractivity contribution >= 4 is 5.91 Å². The highest BCUT2D eigenvalue weighted by molar-refractivity contribution is 5.75. The van der Waals surface area contributed by atoms with E-state index < -0.39 is 0 Å². The molecule has 4 heteroatoms. The van der Waals surface area contributed by atoms with Gasteiger partial charge in [0, 0.05) is 38.1 Å². The fourth-order valence-electron chi connectivity index (χ4n) is 2.66. The van der Waals surface area contributed by atoms with E-state index in [-0.39, 0.29) is 11.3 Å². The van der Waals surface area contributed by atoms with Crippen LogP contribution < -0.4 is 5.32 Å². The Kier molecular flexibility index (Phi) is 4.95. The summed E-state index contributed by atoms with van der Waals surface area (Å²) >= 11 is 0. The summed E-state index contributed by atoms with van der Waals surface area (Å²) in [5.41, 5.74) is 0.188. The first-order valence-electron chi connectivity index (χ1n) is 6.45. The number of hydrogen-bond donors (Lipinski definition) is 1. The third-order valence-corrected chi connectivity index (χ3v) is 4.00. The molecule has 0 unspecified atom stereocenters. The first kappa shape index (κ1) is 14.5. The zero-order chi connectivity index (χ0) is 13.1. The maximum atomic E-state index is 11.2. The van der Waals surface area contributed by atoms with Crippen LogP contribution >= 0.6 is 0 Å². The van der Waals surface area contributed by atoms with Crippen LogP contribution in [-0.4, -0.2) is 50.2 Å². The minimum absolute atomic E-state index is 0.107. The van der Waals surface area contributed by atoms with E-state index in [2.05, 4.69) is 31.1 Å². The summed E-state index contributed by atoms with van der Waals surface area (Å²) in [7, 11) is 3.78. The number of carbonyl (C=O) groups excluding carboxylic acids is 1. The molecule has 0 spiro atoms. The Morgan fingerprint density at radius 3 is 2.65 bits per heavy atom. The van der Waals surface area contributed by atoms with E-state index in [0.717, 1.165) is 19.6 Å². The molecule has 1 rings (SSSR count). The Morgan fingerprint density at radius 1 is 1.53 bits per heavy atom. The van der Waals surface area contributed by atoms with Crippen LogP contribution in [-0.2, 0) is 9.53 Å². The maximum absolute atomic E-state index is 11.2. The fourth-order valence-corrected chi connectivity index (χ4v) is 2.66. The van der Waals surface area contributed by atoms with E-state index in [1.54, 1.807) is 7.05 Å². The average Bonchev–Trinajstić information content (AvgIpc) is 2.30. The lowest BCUT2D eigenvalue weighted by atomic mass is 9.64. The van der Waals surface area contributed by atoms with Gasteiger partial charge in [-0.05, 0) is 20.4 Å². The van der Waals surface area contributed by atoms with Gasteiger partial charge in [-0.2, -0.15) is 0 Å². The van der Waals surface area contributed by atoms with Gasteiger partial charge in [0.1, 0.15) is 0 Å². The predicted octanol–water partition coefficient (Wildman–Crippen LogP) is 1.26. The molecule has 100 valence electrons. The van der Waals surface area contributed by atoms with Gasteiger partial charge in [0.15, 0.2) is 0 Å². The lowest BCUT2D eigenvalue weighted by Crippen LogP contribution is -2.61. The fraction of sp³-hybridized carbons (Fsp3) is 0.923. The number of rotatable bonds is 6. The van der Waals surface area contributed by atoms with Gasteiger partial charge in [0.25, 0.3) is 0 Å². The third-order valence-electron chi connectivity index (χ3n) is 4.00. The minimum atomic E-state index is 0.107. The predicted molar refractivity (Wildman–Crippen MR) is 68.9 cm³/mol. The zero-order valence-corrected chi connectivity index (χ0v) is 11.7. The molecule has 1 aliphatic rings. The van der Waals surface area contributed by atoms with Gasteiger partial charge < -0.3 is 15.0 Å². The van der Waals surface area contributed by atoms with Crippen molar-refractivity contribution in [3.05, 3.63) is 0 Å². The summed E-state index contributed by atoms with van der Waals surface area (Å²) in [6, 6.07) is 0.517. The highest BCUT2D eigenvalue weighted by Crippen LogP contribution is 2.45. The molecule has 1 saturated carbocycles. The molecule has 0 radical (unpaired) electrons. The molecule has 2 atom stereocenters. The molecule has 1 N–H and O–H groups in total. The highest BCUT2D eigenvalue weighted by atomic mass is 16.5. The van der Waals surface area contributed by atoms with E-state index in [1.807, 2.05) is 6.92 Å². The lowest BCUT2D eigenvalue weighted by molar-refractivity contribution is -0.146. The minimum Gasteiger partial charge on any atom is -0.378 e. The van der Waals surface area contributed by atoms with Crippen molar-refractivity contribution in [3.63, 3.8) is 0 Å². The van der Waals surface area contributed by atoms with E-state index in [0.29, 0.717) is 18.6 Å². The molecule has 0 bridgehead atoms. The second kappa shape index (κ2) is 5.83. The summed E-state index contributed by atoms with van der Waals surface area (Å²) in [4.78, 5) is 13.5. The van der Waals surface area contributed by atoms with Crippen LogP contribution in [0.4, 0.5) is 0 Å². The molecular weight excluding hydrogens is 216 g/mol. The van der Waals surface area contributed by atoms with Gasteiger partial charge in [0.05, 0.1) is 6.10 Å². The Bertz CT molecular complexity index is 266. The summed E-state index contributed by atoms with van der Waals surface area (Å²) in [5.74, 6) is 0.107. The topological polar surface area (TPSA) is 41.6 Å². The first-order chi connectivity index (χ1) is 7.93. The second-order valence-electron chi connectivity index (χ2n) is 5.42. The Hall–Kier alpha value is -0.610. The largest absolute Gasteiger partial charge is 0.378 e. The monoisotopic (exact) mass is 242 g/mol. The summed E-state index contributed by atoms with van der Waals surface area (Å²) in [6.45, 7) is 8.13. The molecule has 1 aliphatic carbocycles. The van der Waals surface area contributed by atoms with Gasteiger partial charge >= 0.3 is 0 Å². The number of amides is 1. The van der Waals surface area contributed by atoms with Crippen molar-refractivity contribution < 1.29 is 9.53 Å². The molecule has 1 amide bonds. The van der Waals surface area contributed by atoms with Crippen LogP contribution in [0.25, 0.3) is 0 Å². The lowest BCUT2D eigenvalue weighted by Gasteiger charge is -2.55. The number of carbonyl (C=O) groups is 1. The SMILES string of the molecule is CCO[C@@H]1C[C@@H](N(C)CCC(=O)NC)C1(C)C. The van der Waals surface area contributed by atoms with Crippen molar-refractivity contribution in [3.8, 4) is 0 Å². The average molecular weight is 242 g/mol. The van der Waals surface area contributed by atoms with Crippen molar-refractivity contribution in [2.24, 2.45) is 5.41 Å². The summed E-state index contributed by atoms with van der Waals surface area (Å²) in [6.07, 6.45) is 2.00. The molecule has 0 saturated heterocycles. The van der Waals surface area contributed by atoms with Crippen molar-refractivity contribution in [1.82, 2.24) is 10.2 Å². The third kappa shape index (κ3) is 3.19. The van der Waals surface area contributed by atoms with Crippen LogP contribution in [0, 0.1) is 5.41 Å². The Labute approximate surface area is 105 Å². The Morgan fingerprint density at radius 2 is 2.18 bits per heavy atom. The van der Waals surface area contributed by atoms with E-state index in [9.17, 15) is 4.79 Å². The van der Waals surface area contributed by atoms with Gasteiger partial charge in [-0.3, -0.25) is 4.79 Å². The molecule has 0 heterocycles. The second-order valence-corrected chi connectivity index (χ2v) is 5.42. The van der Waals surface area contributed by atoms with Crippen LogP contribution in [0.1, 0.15) is 33.6 Å². The molecule has 17 heavy (non-hydrogen) atoms. The van der Waals surface area contributed by atoms with Crippen molar-refractivity contribution in [1.29, 1.82) is 0 Å². The van der Waals surface area contributed by atoms with E-state index >= 15 is 0 Å². The molecular formula is C13H26N2O2. The molecule has 0 aromatic carbocycles. The van der Waals surface area contributed by atoms with Crippen LogP contribution in [0.5, 0.6) is 0 Å². The maximum Gasteiger partial charge on any atom is 0.221 e. The number of nitrogens with zero attached hydrogens (tertiary/aromatic N) is 1. The summed E-state index contributed by atoms with van der Waals surface area (Å²) < 4.78 is 5.71. The highest BCUT2D eigenvalue weighted by Gasteiger charge is 2.50. The molecule has 0 aliphatic heterocycles. The normalized spacial score (nSPS) is 26.7. The van der Waals surface area contributed by atoms with Gasteiger partial charge in [-0.25, -0.2) is 0 Å². The molecule has 4 nitrogen and oxygen atoms in total. The zero-order valence-electron chi connectivity index (χ0n) is 11.7. The van der Waals surface area contributed by atoms with Crippen LogP contribution in [0.2, 0.25) is 0 Å². The number of nitrogens with one attached hydrogen (secondary N) is 1. The molecule has 0 aromatic rings. The van der Waals surface area contributed by atoms with Gasteiger partial charge in [-0.1, -0.05) is 13.8 Å². The van der Waals surface area contributed by atoms with Crippen LogP contribution in [0.3, 0.4) is 0 Å². The smallest absolute Gasteiger partial charge is 0.221 e. The number of ether oxygens (including phenoxy) is 1. The molecule has 0 aromatic heterocycles. The first-order valence-corrected chi connectivity index (χ1v) is 6.45.